The second-order valence-corrected chi connectivity index (χ2v) is 8.61. The van der Waals surface area contributed by atoms with Crippen LogP contribution in [0.25, 0.3) is 0 Å². The number of nitrogens with one attached hydrogen (secondary N) is 1. The van der Waals surface area contributed by atoms with Crippen LogP contribution in [0.3, 0.4) is 0 Å². The molecule has 1 N–H and O–H groups in total. The molecule has 1 amide bonds. The Kier molecular flexibility index (Phi) is 5.21. The third-order valence-corrected chi connectivity index (χ3v) is 5.06. The molecule has 0 aromatic heterocycles. The van der Waals surface area contributed by atoms with Crippen molar-refractivity contribution in [2.75, 3.05) is 19.3 Å². The van der Waals surface area contributed by atoms with Crippen LogP contribution in [0, 0.1) is 0 Å². The van der Waals surface area contributed by atoms with E-state index >= 15 is 0 Å². The average molecular weight is 378 g/mol. The lowest BCUT2D eigenvalue weighted by molar-refractivity contribution is -0.138. The topological polar surface area (TPSA) is 66.5 Å². The molecular weight excluding hydrogens is 357 g/mol. The Bertz CT molecular complexity index is 760. The SMILES string of the molecule is CC(C)(C(=O)N1CCC(NS(C)(=O)=O)C1)c1cccc(C(F)(F)F)c1. The predicted molar refractivity (Wildman–Crippen MR) is 87.4 cm³/mol. The summed E-state index contributed by atoms with van der Waals surface area (Å²) in [6.45, 7) is 3.70. The third-order valence-electron chi connectivity index (χ3n) is 4.30. The molecular formula is C16H21F3N2O3S. The lowest BCUT2D eigenvalue weighted by Gasteiger charge is -2.30. The van der Waals surface area contributed by atoms with Crippen molar-refractivity contribution in [3.63, 3.8) is 0 Å². The Hall–Kier alpha value is -1.61. The van der Waals surface area contributed by atoms with E-state index in [1.54, 1.807) is 13.8 Å². The molecule has 9 heteroatoms. The standard InChI is InChI=1S/C16H21F3N2O3S/c1-15(2,11-5-4-6-12(9-11)16(17,18)19)14(22)21-8-7-13(10-21)20-25(3,23)24/h4-6,9,13,20H,7-8,10H2,1-3H3. The van der Waals surface area contributed by atoms with Gasteiger partial charge < -0.3 is 4.90 Å². The van der Waals surface area contributed by atoms with Crippen molar-refractivity contribution >= 4 is 15.9 Å². The van der Waals surface area contributed by atoms with Gasteiger partial charge in [0.15, 0.2) is 0 Å². The van der Waals surface area contributed by atoms with Crippen molar-refractivity contribution in [1.29, 1.82) is 0 Å². The van der Waals surface area contributed by atoms with E-state index in [1.165, 1.54) is 17.0 Å². The summed E-state index contributed by atoms with van der Waals surface area (Å²) in [6.07, 6.45) is -2.96. The van der Waals surface area contributed by atoms with Crippen molar-refractivity contribution in [2.24, 2.45) is 0 Å². The number of benzene rings is 1. The highest BCUT2D eigenvalue weighted by atomic mass is 32.2. The fraction of sp³-hybridized carbons (Fsp3) is 0.562. The number of carbonyl (C=O) groups is 1. The normalized spacial score (nSPS) is 19.3. The number of amides is 1. The van der Waals surface area contributed by atoms with Gasteiger partial charge in [0.25, 0.3) is 0 Å². The van der Waals surface area contributed by atoms with Gasteiger partial charge >= 0.3 is 6.18 Å². The fourth-order valence-corrected chi connectivity index (χ4v) is 3.74. The Morgan fingerprint density at radius 1 is 1.24 bits per heavy atom. The van der Waals surface area contributed by atoms with Gasteiger partial charge in [0, 0.05) is 19.1 Å². The van der Waals surface area contributed by atoms with Gasteiger partial charge in [0.2, 0.25) is 15.9 Å². The van der Waals surface area contributed by atoms with Gasteiger partial charge in [0.05, 0.1) is 17.2 Å². The van der Waals surface area contributed by atoms with Crippen LogP contribution in [-0.4, -0.2) is 44.6 Å². The van der Waals surface area contributed by atoms with Crippen LogP contribution in [0.4, 0.5) is 13.2 Å². The smallest absolute Gasteiger partial charge is 0.340 e. The van der Waals surface area contributed by atoms with E-state index in [4.69, 9.17) is 0 Å². The van der Waals surface area contributed by atoms with Gasteiger partial charge in [-0.2, -0.15) is 13.2 Å². The Morgan fingerprint density at radius 2 is 1.84 bits per heavy atom. The first-order chi connectivity index (χ1) is 11.3. The van der Waals surface area contributed by atoms with Crippen LogP contribution in [0.5, 0.6) is 0 Å². The van der Waals surface area contributed by atoms with E-state index in [2.05, 4.69) is 4.72 Å². The molecule has 0 bridgehead atoms. The number of likely N-dealkylation sites (tertiary alicyclic amines) is 1. The summed E-state index contributed by atoms with van der Waals surface area (Å²) in [4.78, 5) is 14.3. The second kappa shape index (κ2) is 6.60. The number of halogens is 3. The van der Waals surface area contributed by atoms with Gasteiger partial charge in [-0.1, -0.05) is 18.2 Å². The van der Waals surface area contributed by atoms with E-state index in [1.807, 2.05) is 0 Å². The molecule has 0 aliphatic carbocycles. The highest BCUT2D eigenvalue weighted by Gasteiger charge is 2.39. The molecule has 5 nitrogen and oxygen atoms in total. The maximum atomic E-state index is 12.9. The minimum Gasteiger partial charge on any atom is -0.340 e. The van der Waals surface area contributed by atoms with Gasteiger partial charge in [-0.3, -0.25) is 4.79 Å². The van der Waals surface area contributed by atoms with Gasteiger partial charge in [0.1, 0.15) is 0 Å². The van der Waals surface area contributed by atoms with Crippen LogP contribution in [-0.2, 0) is 26.4 Å². The number of carbonyl (C=O) groups excluding carboxylic acids is 1. The number of nitrogens with zero attached hydrogens (tertiary/aromatic N) is 1. The van der Waals surface area contributed by atoms with Gasteiger partial charge in [-0.15, -0.1) is 0 Å². The number of sulfonamides is 1. The quantitative estimate of drug-likeness (QED) is 0.873. The monoisotopic (exact) mass is 378 g/mol. The molecule has 0 radical (unpaired) electrons. The fourth-order valence-electron chi connectivity index (χ4n) is 2.95. The van der Waals surface area contributed by atoms with E-state index in [0.29, 0.717) is 13.0 Å². The maximum absolute atomic E-state index is 12.9. The summed E-state index contributed by atoms with van der Waals surface area (Å²) in [5, 5.41) is 0. The summed E-state index contributed by atoms with van der Waals surface area (Å²) < 4.78 is 63.8. The zero-order chi connectivity index (χ0) is 19.0. The lowest BCUT2D eigenvalue weighted by Crippen LogP contribution is -2.44. The summed E-state index contributed by atoms with van der Waals surface area (Å²) in [7, 11) is -3.38. The minimum absolute atomic E-state index is 0.203. The largest absolute Gasteiger partial charge is 0.416 e. The molecule has 0 spiro atoms. The van der Waals surface area contributed by atoms with Gasteiger partial charge in [-0.25, -0.2) is 13.1 Å². The number of rotatable bonds is 4. The van der Waals surface area contributed by atoms with Crippen LogP contribution >= 0.6 is 0 Å². The second-order valence-electron chi connectivity index (χ2n) is 6.83. The summed E-state index contributed by atoms with van der Waals surface area (Å²) >= 11 is 0. The minimum atomic E-state index is -4.48. The van der Waals surface area contributed by atoms with Gasteiger partial charge in [-0.05, 0) is 31.9 Å². The predicted octanol–water partition coefficient (Wildman–Crippen LogP) is 2.13. The van der Waals surface area contributed by atoms with Crippen molar-refractivity contribution in [1.82, 2.24) is 9.62 Å². The number of hydrogen-bond acceptors (Lipinski definition) is 3. The molecule has 2 rings (SSSR count). The Morgan fingerprint density at radius 3 is 2.40 bits per heavy atom. The first-order valence-electron chi connectivity index (χ1n) is 7.75. The van der Waals surface area contributed by atoms with Crippen molar-refractivity contribution in [2.45, 2.75) is 37.9 Å². The molecule has 1 saturated heterocycles. The maximum Gasteiger partial charge on any atom is 0.416 e. The molecule has 0 saturated carbocycles. The Labute approximate surface area is 145 Å². The first kappa shape index (κ1) is 19.7. The third kappa shape index (κ3) is 4.72. The highest BCUT2D eigenvalue weighted by molar-refractivity contribution is 7.88. The molecule has 1 aromatic carbocycles. The van der Waals surface area contributed by atoms with E-state index < -0.39 is 27.2 Å². The molecule has 25 heavy (non-hydrogen) atoms. The summed E-state index contributed by atoms with van der Waals surface area (Å²) in [5.74, 6) is -0.329. The lowest BCUT2D eigenvalue weighted by atomic mass is 9.82. The number of hydrogen-bond donors (Lipinski definition) is 1. The summed E-state index contributed by atoms with van der Waals surface area (Å²) in [5.41, 5.74) is -1.68. The van der Waals surface area contributed by atoms with Crippen molar-refractivity contribution in [3.05, 3.63) is 35.4 Å². The molecule has 1 fully saturated rings. The molecule has 1 atom stereocenters. The molecule has 140 valence electrons. The van der Waals surface area contributed by atoms with Crippen LogP contribution in [0.1, 0.15) is 31.4 Å². The molecule has 1 aromatic rings. The van der Waals surface area contributed by atoms with Crippen LogP contribution in [0.2, 0.25) is 0 Å². The number of alkyl halides is 3. The molecule has 1 aliphatic heterocycles. The van der Waals surface area contributed by atoms with E-state index in [-0.39, 0.29) is 24.1 Å². The van der Waals surface area contributed by atoms with Crippen molar-refractivity contribution < 1.29 is 26.4 Å². The first-order valence-corrected chi connectivity index (χ1v) is 9.64. The van der Waals surface area contributed by atoms with Crippen LogP contribution in [0.15, 0.2) is 24.3 Å². The highest BCUT2D eigenvalue weighted by Crippen LogP contribution is 2.34. The van der Waals surface area contributed by atoms with Crippen LogP contribution < -0.4 is 4.72 Å². The Balaban J connectivity index is 2.18. The average Bonchev–Trinajstić information content (AvgIpc) is 2.91. The zero-order valence-corrected chi connectivity index (χ0v) is 15.0. The summed E-state index contributed by atoms with van der Waals surface area (Å²) in [6, 6.07) is 4.35. The van der Waals surface area contributed by atoms with E-state index in [9.17, 15) is 26.4 Å². The zero-order valence-electron chi connectivity index (χ0n) is 14.2. The molecule has 1 heterocycles. The molecule has 1 aliphatic rings. The van der Waals surface area contributed by atoms with Crippen molar-refractivity contribution in [3.8, 4) is 0 Å². The molecule has 1 unspecified atom stereocenters. The van der Waals surface area contributed by atoms with E-state index in [0.717, 1.165) is 18.4 Å².